The lowest BCUT2D eigenvalue weighted by Crippen LogP contribution is -2.07. The average molecular weight is 212 g/mol. The van der Waals surface area contributed by atoms with E-state index in [0.717, 1.165) is 18.4 Å². The molecule has 0 amide bonds. The summed E-state index contributed by atoms with van der Waals surface area (Å²) < 4.78 is 5.10. The highest BCUT2D eigenvalue weighted by Crippen LogP contribution is 2.13. The van der Waals surface area contributed by atoms with Crippen molar-refractivity contribution in [3.05, 3.63) is 11.6 Å². The fourth-order valence-electron chi connectivity index (χ4n) is 1.09. The molecule has 0 spiro atoms. The van der Waals surface area contributed by atoms with E-state index in [0.29, 0.717) is 18.4 Å². The van der Waals surface area contributed by atoms with E-state index in [1.54, 1.807) is 6.08 Å². The van der Waals surface area contributed by atoms with Gasteiger partial charge in [0, 0.05) is 6.08 Å². The molecule has 0 aliphatic rings. The third-order valence-electron chi connectivity index (χ3n) is 2.67. The second-order valence-corrected chi connectivity index (χ2v) is 4.55. The highest BCUT2D eigenvalue weighted by molar-refractivity contribution is 5.82. The first-order chi connectivity index (χ1) is 6.97. The summed E-state index contributed by atoms with van der Waals surface area (Å²) >= 11 is 0. The van der Waals surface area contributed by atoms with E-state index in [-0.39, 0.29) is 5.97 Å². The van der Waals surface area contributed by atoms with Crippen LogP contribution in [0.15, 0.2) is 11.6 Å². The molecule has 88 valence electrons. The lowest BCUT2D eigenvalue weighted by Gasteiger charge is -2.09. The Morgan fingerprint density at radius 2 is 1.93 bits per heavy atom. The predicted octanol–water partition coefficient (Wildman–Crippen LogP) is 3.57. The SMILES string of the molecule is CCC(C)C(C)=CC(=O)OCCC(C)C. The van der Waals surface area contributed by atoms with Crippen molar-refractivity contribution in [3.63, 3.8) is 0 Å². The molecular formula is C13H24O2. The van der Waals surface area contributed by atoms with E-state index in [1.165, 1.54) is 0 Å². The number of hydrogen-bond donors (Lipinski definition) is 0. The van der Waals surface area contributed by atoms with Crippen molar-refractivity contribution >= 4 is 5.97 Å². The summed E-state index contributed by atoms with van der Waals surface area (Å²) in [6.07, 6.45) is 3.61. The molecule has 2 heteroatoms. The molecule has 1 atom stereocenters. The molecule has 0 aromatic carbocycles. The van der Waals surface area contributed by atoms with Crippen LogP contribution in [0.4, 0.5) is 0 Å². The van der Waals surface area contributed by atoms with Crippen LogP contribution >= 0.6 is 0 Å². The van der Waals surface area contributed by atoms with Gasteiger partial charge < -0.3 is 4.74 Å². The summed E-state index contributed by atoms with van der Waals surface area (Å²) in [6.45, 7) is 11.0. The molecule has 0 radical (unpaired) electrons. The second-order valence-electron chi connectivity index (χ2n) is 4.55. The van der Waals surface area contributed by atoms with Crippen molar-refractivity contribution in [1.29, 1.82) is 0 Å². The molecule has 0 heterocycles. The normalized spacial score (nSPS) is 14.1. The minimum absolute atomic E-state index is 0.201. The molecule has 0 aliphatic carbocycles. The number of rotatable bonds is 6. The van der Waals surface area contributed by atoms with Crippen LogP contribution in [0.2, 0.25) is 0 Å². The van der Waals surface area contributed by atoms with E-state index in [1.807, 2.05) is 6.92 Å². The molecule has 0 aromatic heterocycles. The average Bonchev–Trinajstić information content (AvgIpc) is 2.15. The first-order valence-corrected chi connectivity index (χ1v) is 5.82. The van der Waals surface area contributed by atoms with E-state index in [9.17, 15) is 4.79 Å². The molecule has 15 heavy (non-hydrogen) atoms. The molecule has 0 fully saturated rings. The monoisotopic (exact) mass is 212 g/mol. The third-order valence-corrected chi connectivity index (χ3v) is 2.67. The molecule has 2 nitrogen and oxygen atoms in total. The molecule has 0 aliphatic heterocycles. The number of ether oxygens (including phenoxy) is 1. The summed E-state index contributed by atoms with van der Waals surface area (Å²) in [5, 5.41) is 0. The highest BCUT2D eigenvalue weighted by Gasteiger charge is 2.05. The van der Waals surface area contributed by atoms with Crippen LogP contribution < -0.4 is 0 Å². The number of esters is 1. The van der Waals surface area contributed by atoms with Crippen molar-refractivity contribution in [2.45, 2.75) is 47.5 Å². The first-order valence-electron chi connectivity index (χ1n) is 5.82. The van der Waals surface area contributed by atoms with Crippen LogP contribution in [-0.4, -0.2) is 12.6 Å². The Morgan fingerprint density at radius 1 is 1.33 bits per heavy atom. The maximum absolute atomic E-state index is 11.4. The molecule has 0 rings (SSSR count). The van der Waals surface area contributed by atoms with Gasteiger partial charge in [-0.3, -0.25) is 0 Å². The van der Waals surface area contributed by atoms with Gasteiger partial charge >= 0.3 is 5.97 Å². The molecule has 0 N–H and O–H groups in total. The van der Waals surface area contributed by atoms with Crippen molar-refractivity contribution in [3.8, 4) is 0 Å². The maximum Gasteiger partial charge on any atom is 0.330 e. The van der Waals surface area contributed by atoms with Gasteiger partial charge in [-0.25, -0.2) is 4.79 Å². The van der Waals surface area contributed by atoms with E-state index >= 15 is 0 Å². The van der Waals surface area contributed by atoms with Gasteiger partial charge in [-0.05, 0) is 31.6 Å². The molecule has 1 unspecified atom stereocenters. The second kappa shape index (κ2) is 7.49. The van der Waals surface area contributed by atoms with Crippen LogP contribution in [-0.2, 0) is 9.53 Å². The van der Waals surface area contributed by atoms with Crippen molar-refractivity contribution in [1.82, 2.24) is 0 Å². The Labute approximate surface area is 93.7 Å². The van der Waals surface area contributed by atoms with E-state index < -0.39 is 0 Å². The summed E-state index contributed by atoms with van der Waals surface area (Å²) in [4.78, 5) is 11.4. The van der Waals surface area contributed by atoms with Crippen molar-refractivity contribution in [2.24, 2.45) is 11.8 Å². The molecule has 0 saturated heterocycles. The first kappa shape index (κ1) is 14.2. The van der Waals surface area contributed by atoms with Crippen LogP contribution in [0, 0.1) is 11.8 Å². The molecule has 0 aromatic rings. The Bertz CT molecular complexity index is 217. The Kier molecular flexibility index (Phi) is 7.10. The summed E-state index contributed by atoms with van der Waals surface area (Å²) in [5.41, 5.74) is 1.10. The van der Waals surface area contributed by atoms with Crippen LogP contribution in [0.1, 0.15) is 47.5 Å². The number of carbonyl (C=O) groups excluding carboxylic acids is 1. The van der Waals surface area contributed by atoms with Crippen molar-refractivity contribution < 1.29 is 9.53 Å². The zero-order valence-corrected chi connectivity index (χ0v) is 10.7. The van der Waals surface area contributed by atoms with E-state index in [4.69, 9.17) is 4.74 Å². The minimum atomic E-state index is -0.201. The third kappa shape index (κ3) is 7.18. The van der Waals surface area contributed by atoms with Crippen LogP contribution in [0.5, 0.6) is 0 Å². The number of allylic oxidation sites excluding steroid dienone is 1. The van der Waals surface area contributed by atoms with Crippen molar-refractivity contribution in [2.75, 3.05) is 6.61 Å². The topological polar surface area (TPSA) is 26.3 Å². The quantitative estimate of drug-likeness (QED) is 0.497. The maximum atomic E-state index is 11.4. The van der Waals surface area contributed by atoms with Gasteiger partial charge in [0.05, 0.1) is 6.61 Å². The Balaban J connectivity index is 3.91. The summed E-state index contributed by atoms with van der Waals surface area (Å²) in [6, 6.07) is 0. The van der Waals surface area contributed by atoms with Gasteiger partial charge in [0.2, 0.25) is 0 Å². The van der Waals surface area contributed by atoms with Gasteiger partial charge in [0.1, 0.15) is 0 Å². The minimum Gasteiger partial charge on any atom is -0.463 e. The smallest absolute Gasteiger partial charge is 0.330 e. The zero-order valence-electron chi connectivity index (χ0n) is 10.7. The number of hydrogen-bond acceptors (Lipinski definition) is 2. The Hall–Kier alpha value is -0.790. The van der Waals surface area contributed by atoms with Gasteiger partial charge in [0.25, 0.3) is 0 Å². The van der Waals surface area contributed by atoms with Gasteiger partial charge in [0.15, 0.2) is 0 Å². The summed E-state index contributed by atoms with van der Waals surface area (Å²) in [5.74, 6) is 0.841. The summed E-state index contributed by atoms with van der Waals surface area (Å²) in [7, 11) is 0. The fourth-order valence-corrected chi connectivity index (χ4v) is 1.09. The zero-order chi connectivity index (χ0) is 11.8. The van der Waals surface area contributed by atoms with Gasteiger partial charge in [-0.2, -0.15) is 0 Å². The largest absolute Gasteiger partial charge is 0.463 e. The molecule has 0 saturated carbocycles. The standard InChI is InChI=1S/C13H24O2/c1-6-11(4)12(5)9-13(14)15-8-7-10(2)3/h9-11H,6-8H2,1-5H3. The predicted molar refractivity (Wildman–Crippen MR) is 63.6 cm³/mol. The molecular weight excluding hydrogens is 188 g/mol. The van der Waals surface area contributed by atoms with Crippen LogP contribution in [0.25, 0.3) is 0 Å². The lowest BCUT2D eigenvalue weighted by atomic mass is 10.00. The highest BCUT2D eigenvalue weighted by atomic mass is 16.5. The lowest BCUT2D eigenvalue weighted by molar-refractivity contribution is -0.138. The molecule has 0 bridgehead atoms. The Morgan fingerprint density at radius 3 is 2.40 bits per heavy atom. The van der Waals surface area contributed by atoms with Crippen LogP contribution in [0.3, 0.4) is 0 Å². The van der Waals surface area contributed by atoms with E-state index in [2.05, 4.69) is 27.7 Å². The number of carbonyl (C=O) groups is 1. The van der Waals surface area contributed by atoms with Gasteiger partial charge in [-0.15, -0.1) is 0 Å². The fraction of sp³-hybridized carbons (Fsp3) is 0.769. The van der Waals surface area contributed by atoms with Gasteiger partial charge in [-0.1, -0.05) is 33.3 Å².